The topological polar surface area (TPSA) is 12.0 Å². The SMILES string of the molecule is CCCCC(CC)CC(NCC)C1CCCc2sccc21. The number of nitrogens with one attached hydrogen (secondary N) is 1. The Morgan fingerprint density at radius 1 is 1.33 bits per heavy atom. The smallest absolute Gasteiger partial charge is 0.0139 e. The van der Waals surface area contributed by atoms with Crippen LogP contribution in [0, 0.1) is 5.92 Å². The molecule has 1 N–H and O–H groups in total. The molecule has 3 unspecified atom stereocenters. The second-order valence-corrected chi connectivity index (χ2v) is 7.61. The highest BCUT2D eigenvalue weighted by molar-refractivity contribution is 7.10. The van der Waals surface area contributed by atoms with Crippen LogP contribution in [0.4, 0.5) is 0 Å². The van der Waals surface area contributed by atoms with Crippen LogP contribution in [-0.2, 0) is 6.42 Å². The van der Waals surface area contributed by atoms with Crippen LogP contribution in [0.5, 0.6) is 0 Å². The molecular weight excluding hydrogens is 274 g/mol. The second-order valence-electron chi connectivity index (χ2n) is 6.61. The molecule has 0 bridgehead atoms. The van der Waals surface area contributed by atoms with Gasteiger partial charge in [0.15, 0.2) is 0 Å². The molecule has 21 heavy (non-hydrogen) atoms. The van der Waals surface area contributed by atoms with Crippen molar-refractivity contribution in [1.29, 1.82) is 0 Å². The summed E-state index contributed by atoms with van der Waals surface area (Å²) in [5.41, 5.74) is 1.67. The normalized spacial score (nSPS) is 21.0. The predicted molar refractivity (Wildman–Crippen MR) is 95.4 cm³/mol. The Morgan fingerprint density at radius 2 is 2.19 bits per heavy atom. The van der Waals surface area contributed by atoms with E-state index < -0.39 is 0 Å². The van der Waals surface area contributed by atoms with Crippen molar-refractivity contribution >= 4 is 11.3 Å². The van der Waals surface area contributed by atoms with Gasteiger partial charge in [0, 0.05) is 16.8 Å². The van der Waals surface area contributed by atoms with Crippen LogP contribution in [0.2, 0.25) is 0 Å². The van der Waals surface area contributed by atoms with Crippen LogP contribution < -0.4 is 5.32 Å². The lowest BCUT2D eigenvalue weighted by atomic mass is 9.78. The van der Waals surface area contributed by atoms with Gasteiger partial charge in [-0.05, 0) is 55.2 Å². The van der Waals surface area contributed by atoms with E-state index in [2.05, 4.69) is 37.5 Å². The zero-order chi connectivity index (χ0) is 15.1. The molecule has 2 rings (SSSR count). The summed E-state index contributed by atoms with van der Waals surface area (Å²) in [6.07, 6.45) is 10.9. The van der Waals surface area contributed by atoms with Gasteiger partial charge in [-0.15, -0.1) is 11.3 Å². The van der Waals surface area contributed by atoms with Crippen molar-refractivity contribution in [2.45, 2.75) is 84.1 Å². The highest BCUT2D eigenvalue weighted by atomic mass is 32.1. The fourth-order valence-corrected chi connectivity index (χ4v) is 4.93. The van der Waals surface area contributed by atoms with Gasteiger partial charge in [-0.25, -0.2) is 0 Å². The van der Waals surface area contributed by atoms with E-state index in [1.54, 1.807) is 10.4 Å². The van der Waals surface area contributed by atoms with Crippen molar-refractivity contribution in [3.63, 3.8) is 0 Å². The highest BCUT2D eigenvalue weighted by Crippen LogP contribution is 2.39. The Kier molecular flexibility index (Phi) is 7.25. The number of likely N-dealkylation sites (N-methyl/N-ethyl adjacent to an activating group) is 1. The van der Waals surface area contributed by atoms with E-state index in [1.165, 1.54) is 51.4 Å². The maximum Gasteiger partial charge on any atom is 0.0139 e. The van der Waals surface area contributed by atoms with Crippen molar-refractivity contribution in [1.82, 2.24) is 5.32 Å². The van der Waals surface area contributed by atoms with Gasteiger partial charge >= 0.3 is 0 Å². The predicted octanol–water partition coefficient (Wildman–Crippen LogP) is 5.75. The Hall–Kier alpha value is -0.340. The summed E-state index contributed by atoms with van der Waals surface area (Å²) in [4.78, 5) is 1.66. The van der Waals surface area contributed by atoms with Gasteiger partial charge < -0.3 is 5.32 Å². The van der Waals surface area contributed by atoms with E-state index in [4.69, 9.17) is 0 Å². The lowest BCUT2D eigenvalue weighted by Gasteiger charge is -2.33. The van der Waals surface area contributed by atoms with E-state index in [1.807, 2.05) is 11.3 Å². The molecule has 120 valence electrons. The Bertz CT molecular complexity index is 398. The van der Waals surface area contributed by atoms with Gasteiger partial charge in [0.2, 0.25) is 0 Å². The van der Waals surface area contributed by atoms with E-state index in [0.717, 1.165) is 18.4 Å². The number of hydrogen-bond donors (Lipinski definition) is 1. The molecule has 1 aliphatic rings. The zero-order valence-corrected chi connectivity index (χ0v) is 15.0. The lowest BCUT2D eigenvalue weighted by Crippen LogP contribution is -2.37. The molecule has 0 saturated carbocycles. The maximum absolute atomic E-state index is 3.83. The van der Waals surface area contributed by atoms with Gasteiger partial charge in [-0.1, -0.05) is 46.5 Å². The average Bonchev–Trinajstić information content (AvgIpc) is 2.99. The summed E-state index contributed by atoms with van der Waals surface area (Å²) >= 11 is 1.98. The quantitative estimate of drug-likeness (QED) is 0.612. The van der Waals surface area contributed by atoms with Crippen molar-refractivity contribution in [3.8, 4) is 0 Å². The maximum atomic E-state index is 3.83. The molecule has 0 radical (unpaired) electrons. The van der Waals surface area contributed by atoms with E-state index in [0.29, 0.717) is 6.04 Å². The van der Waals surface area contributed by atoms with Crippen molar-refractivity contribution in [3.05, 3.63) is 21.9 Å². The highest BCUT2D eigenvalue weighted by Gasteiger charge is 2.29. The fourth-order valence-electron chi connectivity index (χ4n) is 3.93. The summed E-state index contributed by atoms with van der Waals surface area (Å²) in [7, 11) is 0. The molecule has 1 aromatic rings. The van der Waals surface area contributed by atoms with E-state index >= 15 is 0 Å². The minimum Gasteiger partial charge on any atom is -0.314 e. The summed E-state index contributed by atoms with van der Waals surface area (Å²) in [6, 6.07) is 3.09. The van der Waals surface area contributed by atoms with E-state index in [9.17, 15) is 0 Å². The molecule has 0 fully saturated rings. The van der Waals surface area contributed by atoms with Gasteiger partial charge in [0.05, 0.1) is 0 Å². The third kappa shape index (κ3) is 4.56. The minimum absolute atomic E-state index is 0.686. The van der Waals surface area contributed by atoms with Crippen LogP contribution in [0.15, 0.2) is 11.4 Å². The van der Waals surface area contributed by atoms with Gasteiger partial charge in [0.25, 0.3) is 0 Å². The Labute approximate surface area is 135 Å². The number of unbranched alkanes of at least 4 members (excludes halogenated alkanes) is 1. The molecule has 2 heteroatoms. The summed E-state index contributed by atoms with van der Waals surface area (Å²) in [5, 5.41) is 6.13. The third-order valence-corrected chi connectivity index (χ3v) is 6.18. The largest absolute Gasteiger partial charge is 0.314 e. The molecule has 1 aliphatic carbocycles. The molecule has 1 nitrogen and oxygen atoms in total. The van der Waals surface area contributed by atoms with Crippen LogP contribution in [-0.4, -0.2) is 12.6 Å². The molecule has 0 aromatic carbocycles. The van der Waals surface area contributed by atoms with Crippen molar-refractivity contribution < 1.29 is 0 Å². The molecule has 1 heterocycles. The Morgan fingerprint density at radius 3 is 2.90 bits per heavy atom. The summed E-state index contributed by atoms with van der Waals surface area (Å²) in [6.45, 7) is 8.05. The van der Waals surface area contributed by atoms with Crippen molar-refractivity contribution in [2.75, 3.05) is 6.54 Å². The number of rotatable bonds is 9. The number of hydrogen-bond acceptors (Lipinski definition) is 2. The molecule has 0 aliphatic heterocycles. The molecule has 3 atom stereocenters. The summed E-state index contributed by atoms with van der Waals surface area (Å²) < 4.78 is 0. The molecule has 0 saturated heterocycles. The van der Waals surface area contributed by atoms with Gasteiger partial charge in [-0.3, -0.25) is 0 Å². The monoisotopic (exact) mass is 307 g/mol. The van der Waals surface area contributed by atoms with Crippen LogP contribution in [0.1, 0.15) is 82.1 Å². The zero-order valence-electron chi connectivity index (χ0n) is 14.2. The molecule has 0 amide bonds. The Balaban J connectivity index is 2.05. The molecule has 1 aromatic heterocycles. The van der Waals surface area contributed by atoms with Gasteiger partial charge in [0.1, 0.15) is 0 Å². The number of aryl methyl sites for hydroxylation is 1. The van der Waals surface area contributed by atoms with Crippen molar-refractivity contribution in [2.24, 2.45) is 5.92 Å². The first kappa shape index (κ1) is 17.0. The van der Waals surface area contributed by atoms with E-state index in [-0.39, 0.29) is 0 Å². The average molecular weight is 308 g/mol. The van der Waals surface area contributed by atoms with Crippen LogP contribution >= 0.6 is 11.3 Å². The molecule has 0 spiro atoms. The van der Waals surface area contributed by atoms with Crippen LogP contribution in [0.3, 0.4) is 0 Å². The second kappa shape index (κ2) is 8.95. The first-order valence-electron chi connectivity index (χ1n) is 9.09. The number of fused-ring (bicyclic) bond motifs is 1. The van der Waals surface area contributed by atoms with Gasteiger partial charge in [-0.2, -0.15) is 0 Å². The third-order valence-electron chi connectivity index (χ3n) is 5.18. The molecular formula is C19H33NS. The van der Waals surface area contributed by atoms with Crippen LogP contribution in [0.25, 0.3) is 0 Å². The first-order chi connectivity index (χ1) is 10.3. The summed E-state index contributed by atoms with van der Waals surface area (Å²) in [5.74, 6) is 1.66. The fraction of sp³-hybridized carbons (Fsp3) is 0.789. The standard InChI is InChI=1S/C19H33NS/c1-4-7-9-15(5-2)14-18(20-6-3)16-10-8-11-19-17(16)12-13-21-19/h12-13,15-16,18,20H,4-11,14H2,1-3H3. The lowest BCUT2D eigenvalue weighted by molar-refractivity contribution is 0.304. The first-order valence-corrected chi connectivity index (χ1v) is 9.97. The number of thiophene rings is 1. The minimum atomic E-state index is 0.686.